The number of ether oxygens (including phenoxy) is 2. The molecule has 4 aromatic rings. The highest BCUT2D eigenvalue weighted by molar-refractivity contribution is 5.95. The first-order valence-electron chi connectivity index (χ1n) is 10.4. The van der Waals surface area contributed by atoms with E-state index in [1.54, 1.807) is 24.3 Å². The second-order valence-electron chi connectivity index (χ2n) is 7.43. The van der Waals surface area contributed by atoms with Crippen LogP contribution in [-0.2, 0) is 6.54 Å². The third-order valence-corrected chi connectivity index (χ3v) is 5.11. The van der Waals surface area contributed by atoms with Gasteiger partial charge in [0.15, 0.2) is 11.5 Å². The molecule has 2 heterocycles. The summed E-state index contributed by atoms with van der Waals surface area (Å²) < 4.78 is 10.4. The van der Waals surface area contributed by atoms with Crippen LogP contribution in [0.15, 0.2) is 71.8 Å². The fourth-order valence-corrected chi connectivity index (χ4v) is 3.37. The zero-order valence-corrected chi connectivity index (χ0v) is 18.1. The van der Waals surface area contributed by atoms with Crippen molar-refractivity contribution in [1.29, 1.82) is 0 Å². The highest BCUT2D eigenvalue weighted by Crippen LogP contribution is 2.37. The third kappa shape index (κ3) is 4.80. The Morgan fingerprint density at radius 2 is 1.86 bits per heavy atom. The number of benzene rings is 3. The monoisotopic (exact) mass is 471 g/mol. The van der Waals surface area contributed by atoms with Gasteiger partial charge in [-0.2, -0.15) is 9.90 Å². The zero-order chi connectivity index (χ0) is 24.2. The van der Waals surface area contributed by atoms with Crippen molar-refractivity contribution in [2.75, 3.05) is 6.79 Å². The largest absolute Gasteiger partial charge is 0.454 e. The lowest BCUT2D eigenvalue weighted by Gasteiger charge is -2.03. The number of hydrogen-bond acceptors (Lipinski definition) is 9. The van der Waals surface area contributed by atoms with Gasteiger partial charge in [0.25, 0.3) is 11.6 Å². The van der Waals surface area contributed by atoms with Gasteiger partial charge in [-0.15, -0.1) is 10.2 Å². The number of hydrogen-bond donors (Lipinski definition) is 1. The predicted molar refractivity (Wildman–Crippen MR) is 123 cm³/mol. The molecule has 0 aliphatic carbocycles. The number of amides is 1. The van der Waals surface area contributed by atoms with Gasteiger partial charge in [0.2, 0.25) is 12.6 Å². The predicted octanol–water partition coefficient (Wildman–Crippen LogP) is 2.79. The van der Waals surface area contributed by atoms with Gasteiger partial charge >= 0.3 is 0 Å². The van der Waals surface area contributed by atoms with E-state index in [0.29, 0.717) is 23.7 Å². The Morgan fingerprint density at radius 3 is 2.60 bits per heavy atom. The van der Waals surface area contributed by atoms with Crippen molar-refractivity contribution in [2.24, 2.45) is 5.10 Å². The maximum Gasteiger partial charge on any atom is 0.282 e. The van der Waals surface area contributed by atoms with Crippen LogP contribution in [-0.4, -0.2) is 44.0 Å². The van der Waals surface area contributed by atoms with E-state index in [-0.39, 0.29) is 23.8 Å². The lowest BCUT2D eigenvalue weighted by atomic mass is 10.1. The summed E-state index contributed by atoms with van der Waals surface area (Å²) in [5.74, 6) is 0.718. The standard InChI is InChI=1S/C23H17N7O5/c31-23(26-24-12-18-10-20-21(35-14-34-20)11-19(18)30(32)33)17-8-6-15(7-9-17)13-29-27-22(25-28-29)16-4-2-1-3-5-16/h1-12H,13-14H2,(H,26,31)/b24-12+. The normalized spacial score (nSPS) is 12.1. The molecule has 0 fully saturated rings. The molecule has 1 aliphatic heterocycles. The smallest absolute Gasteiger partial charge is 0.282 e. The van der Waals surface area contributed by atoms with Crippen molar-refractivity contribution in [3.8, 4) is 22.9 Å². The topological polar surface area (TPSA) is 147 Å². The number of hydrazone groups is 1. The van der Waals surface area contributed by atoms with Crippen molar-refractivity contribution in [3.05, 3.63) is 93.5 Å². The number of rotatable bonds is 7. The van der Waals surface area contributed by atoms with Crippen molar-refractivity contribution < 1.29 is 19.2 Å². The van der Waals surface area contributed by atoms with Gasteiger partial charge in [-0.25, -0.2) is 5.43 Å². The Bertz CT molecular complexity index is 1420. The van der Waals surface area contributed by atoms with Gasteiger partial charge in [-0.05, 0) is 29.0 Å². The van der Waals surface area contributed by atoms with Crippen molar-refractivity contribution in [2.45, 2.75) is 6.54 Å². The quantitative estimate of drug-likeness (QED) is 0.246. The number of carbonyl (C=O) groups excluding carboxylic acids is 1. The minimum Gasteiger partial charge on any atom is -0.454 e. The molecule has 3 aromatic carbocycles. The Balaban J connectivity index is 1.22. The molecule has 12 nitrogen and oxygen atoms in total. The lowest BCUT2D eigenvalue weighted by molar-refractivity contribution is -0.385. The van der Waals surface area contributed by atoms with Crippen LogP contribution in [0, 0.1) is 10.1 Å². The van der Waals surface area contributed by atoms with Gasteiger partial charge in [0.05, 0.1) is 29.3 Å². The summed E-state index contributed by atoms with van der Waals surface area (Å²) in [6.45, 7) is 0.370. The van der Waals surface area contributed by atoms with Crippen molar-refractivity contribution in [3.63, 3.8) is 0 Å². The molecule has 0 atom stereocenters. The summed E-state index contributed by atoms with van der Waals surface area (Å²) >= 11 is 0. The van der Waals surface area contributed by atoms with Crippen LogP contribution in [0.25, 0.3) is 11.4 Å². The molecule has 0 bridgehead atoms. The average Bonchev–Trinajstić information content (AvgIpc) is 3.53. The molecule has 0 radical (unpaired) electrons. The molecule has 1 N–H and O–H groups in total. The Morgan fingerprint density at radius 1 is 1.11 bits per heavy atom. The number of nitrogens with zero attached hydrogens (tertiary/aromatic N) is 6. The molecule has 0 spiro atoms. The van der Waals surface area contributed by atoms with E-state index < -0.39 is 10.8 Å². The third-order valence-electron chi connectivity index (χ3n) is 5.11. The molecule has 1 aromatic heterocycles. The molecule has 12 heteroatoms. The van der Waals surface area contributed by atoms with Gasteiger partial charge in [0.1, 0.15) is 0 Å². The number of nitro benzene ring substituents is 1. The maximum absolute atomic E-state index is 12.4. The summed E-state index contributed by atoms with van der Waals surface area (Å²) in [6, 6.07) is 19.0. The van der Waals surface area contributed by atoms with E-state index in [0.717, 1.165) is 11.1 Å². The maximum atomic E-state index is 12.4. The first-order valence-corrected chi connectivity index (χ1v) is 10.4. The van der Waals surface area contributed by atoms with Gasteiger partial charge in [-0.3, -0.25) is 14.9 Å². The SMILES string of the molecule is O=C(N/N=C/c1cc2c(cc1[N+](=O)[O-])OCO2)c1ccc(Cn2nnc(-c3ccccc3)n2)cc1. The van der Waals surface area contributed by atoms with E-state index in [1.165, 1.54) is 23.1 Å². The minimum absolute atomic E-state index is 0.0129. The molecule has 1 aliphatic rings. The Hall–Kier alpha value is -5.13. The lowest BCUT2D eigenvalue weighted by Crippen LogP contribution is -2.17. The number of tetrazole rings is 1. The van der Waals surface area contributed by atoms with Gasteiger partial charge in [-0.1, -0.05) is 42.5 Å². The molecule has 0 saturated heterocycles. The molecule has 174 valence electrons. The van der Waals surface area contributed by atoms with Crippen LogP contribution in [0.3, 0.4) is 0 Å². The second-order valence-corrected chi connectivity index (χ2v) is 7.43. The van der Waals surface area contributed by atoms with E-state index >= 15 is 0 Å². The van der Waals surface area contributed by atoms with Crippen LogP contribution in [0.5, 0.6) is 11.5 Å². The summed E-state index contributed by atoms with van der Waals surface area (Å²) in [5.41, 5.74) is 4.43. The number of nitro groups is 1. The van der Waals surface area contributed by atoms with Crippen molar-refractivity contribution >= 4 is 17.8 Å². The minimum atomic E-state index is -0.559. The van der Waals surface area contributed by atoms with Gasteiger partial charge in [0, 0.05) is 11.1 Å². The molecule has 0 saturated carbocycles. The van der Waals surface area contributed by atoms with Gasteiger partial charge < -0.3 is 9.47 Å². The van der Waals surface area contributed by atoms with Crippen LogP contribution in [0.1, 0.15) is 21.5 Å². The molecule has 5 rings (SSSR count). The fourth-order valence-electron chi connectivity index (χ4n) is 3.37. The Labute approximate surface area is 197 Å². The number of aromatic nitrogens is 4. The van der Waals surface area contributed by atoms with Crippen LogP contribution in [0.2, 0.25) is 0 Å². The summed E-state index contributed by atoms with van der Waals surface area (Å²) in [5, 5.41) is 27.7. The first kappa shape index (κ1) is 21.7. The number of nitrogens with one attached hydrogen (secondary N) is 1. The average molecular weight is 471 g/mol. The fraction of sp³-hybridized carbons (Fsp3) is 0.0870. The number of fused-ring (bicyclic) bond motifs is 1. The summed E-state index contributed by atoms with van der Waals surface area (Å²) in [4.78, 5) is 24.7. The molecular formula is C23H17N7O5. The van der Waals surface area contributed by atoms with Crippen LogP contribution in [0.4, 0.5) is 5.69 Å². The Kier molecular flexibility index (Phi) is 5.82. The molecule has 35 heavy (non-hydrogen) atoms. The number of carbonyl (C=O) groups is 1. The van der Waals surface area contributed by atoms with E-state index in [2.05, 4.69) is 25.9 Å². The first-order chi connectivity index (χ1) is 17.1. The zero-order valence-electron chi connectivity index (χ0n) is 18.1. The highest BCUT2D eigenvalue weighted by atomic mass is 16.7. The van der Waals surface area contributed by atoms with Crippen molar-refractivity contribution in [1.82, 2.24) is 25.6 Å². The second kappa shape index (κ2) is 9.39. The highest BCUT2D eigenvalue weighted by Gasteiger charge is 2.22. The van der Waals surface area contributed by atoms with Crippen LogP contribution >= 0.6 is 0 Å². The van der Waals surface area contributed by atoms with E-state index in [4.69, 9.17) is 9.47 Å². The summed E-state index contributed by atoms with van der Waals surface area (Å²) in [6.07, 6.45) is 1.19. The summed E-state index contributed by atoms with van der Waals surface area (Å²) in [7, 11) is 0. The molecular weight excluding hydrogens is 454 g/mol. The molecule has 1 amide bonds. The molecule has 0 unspecified atom stereocenters. The van der Waals surface area contributed by atoms with Crippen LogP contribution < -0.4 is 14.9 Å². The van der Waals surface area contributed by atoms with E-state index in [1.807, 2.05) is 30.3 Å². The van der Waals surface area contributed by atoms with E-state index in [9.17, 15) is 14.9 Å².